The first kappa shape index (κ1) is 14.8. The van der Waals surface area contributed by atoms with Gasteiger partial charge in [0.2, 0.25) is 0 Å². The van der Waals surface area contributed by atoms with Gasteiger partial charge in [0.1, 0.15) is 6.10 Å². The molecular formula is C13H15N3O5. The van der Waals surface area contributed by atoms with Crippen LogP contribution in [0.15, 0.2) is 24.3 Å². The van der Waals surface area contributed by atoms with Crippen molar-refractivity contribution in [2.24, 2.45) is 5.73 Å². The fourth-order valence-corrected chi connectivity index (χ4v) is 2.05. The van der Waals surface area contributed by atoms with Gasteiger partial charge < -0.3 is 26.2 Å². The standard InChI is InChI=1S/C13H15N3O5/c14-13(20)16-8-3-1-2-7(6-8)15-11(17)9-4-5-10(21-9)12(18)19/h1-3,6,9-10H,4-5H2,(H,15,17)(H,18,19)(H3,14,16,20)/t9-,10+/m0/s1. The third kappa shape index (κ3) is 3.93. The predicted octanol–water partition coefficient (Wildman–Crippen LogP) is 0.748. The average molecular weight is 293 g/mol. The minimum atomic E-state index is -1.07. The zero-order chi connectivity index (χ0) is 15.4. The first-order valence-corrected chi connectivity index (χ1v) is 6.31. The summed E-state index contributed by atoms with van der Waals surface area (Å²) in [5.41, 5.74) is 5.90. The predicted molar refractivity (Wildman–Crippen MR) is 73.8 cm³/mol. The van der Waals surface area contributed by atoms with Crippen molar-refractivity contribution in [3.05, 3.63) is 24.3 Å². The molecule has 1 aromatic carbocycles. The van der Waals surface area contributed by atoms with Gasteiger partial charge in [-0.25, -0.2) is 9.59 Å². The highest BCUT2D eigenvalue weighted by atomic mass is 16.5. The lowest BCUT2D eigenvalue weighted by Crippen LogP contribution is -2.30. The second-order valence-corrected chi connectivity index (χ2v) is 4.59. The molecule has 0 saturated carbocycles. The molecule has 0 aliphatic carbocycles. The van der Waals surface area contributed by atoms with Crippen LogP contribution in [0.3, 0.4) is 0 Å². The van der Waals surface area contributed by atoms with Crippen LogP contribution in [-0.4, -0.2) is 35.2 Å². The molecule has 2 atom stereocenters. The number of ether oxygens (including phenoxy) is 1. The molecule has 1 aliphatic rings. The van der Waals surface area contributed by atoms with Gasteiger partial charge in [0.15, 0.2) is 6.10 Å². The van der Waals surface area contributed by atoms with Crippen molar-refractivity contribution in [3.8, 4) is 0 Å². The number of nitrogens with two attached hydrogens (primary N) is 1. The van der Waals surface area contributed by atoms with Gasteiger partial charge in [0, 0.05) is 11.4 Å². The van der Waals surface area contributed by atoms with E-state index in [2.05, 4.69) is 10.6 Å². The Morgan fingerprint density at radius 1 is 1.14 bits per heavy atom. The summed E-state index contributed by atoms with van der Waals surface area (Å²) in [6, 6.07) is 5.71. The Labute approximate surface area is 120 Å². The second kappa shape index (κ2) is 6.23. The third-order valence-corrected chi connectivity index (χ3v) is 2.99. The molecule has 21 heavy (non-hydrogen) atoms. The molecule has 3 amide bonds. The number of benzene rings is 1. The van der Waals surface area contributed by atoms with Gasteiger partial charge in [0.05, 0.1) is 0 Å². The Balaban J connectivity index is 1.97. The molecule has 112 valence electrons. The highest BCUT2D eigenvalue weighted by molar-refractivity contribution is 5.96. The molecular weight excluding hydrogens is 278 g/mol. The SMILES string of the molecule is NC(=O)Nc1cccc(NC(=O)[C@@H]2CC[C@H](C(=O)O)O2)c1. The van der Waals surface area contributed by atoms with Crippen LogP contribution in [0, 0.1) is 0 Å². The maximum absolute atomic E-state index is 12.0. The third-order valence-electron chi connectivity index (χ3n) is 2.99. The van der Waals surface area contributed by atoms with Crippen molar-refractivity contribution in [1.29, 1.82) is 0 Å². The maximum atomic E-state index is 12.0. The number of carboxylic acids is 1. The van der Waals surface area contributed by atoms with Gasteiger partial charge in [-0.15, -0.1) is 0 Å². The van der Waals surface area contributed by atoms with E-state index in [1.54, 1.807) is 18.2 Å². The van der Waals surface area contributed by atoms with Crippen LogP contribution in [0.4, 0.5) is 16.2 Å². The molecule has 8 heteroatoms. The average Bonchev–Trinajstić information content (AvgIpc) is 2.88. The van der Waals surface area contributed by atoms with Crippen LogP contribution >= 0.6 is 0 Å². The fraction of sp³-hybridized carbons (Fsp3) is 0.308. The van der Waals surface area contributed by atoms with Crippen molar-refractivity contribution in [2.75, 3.05) is 10.6 Å². The molecule has 0 radical (unpaired) electrons. The summed E-state index contributed by atoms with van der Waals surface area (Å²) in [5, 5.41) is 13.8. The number of urea groups is 1. The van der Waals surface area contributed by atoms with Crippen molar-refractivity contribution < 1.29 is 24.2 Å². The van der Waals surface area contributed by atoms with E-state index in [4.69, 9.17) is 15.6 Å². The lowest BCUT2D eigenvalue weighted by molar-refractivity contribution is -0.150. The number of primary amides is 1. The van der Waals surface area contributed by atoms with E-state index in [0.29, 0.717) is 24.2 Å². The van der Waals surface area contributed by atoms with E-state index in [-0.39, 0.29) is 0 Å². The van der Waals surface area contributed by atoms with Gasteiger partial charge in [-0.05, 0) is 31.0 Å². The van der Waals surface area contributed by atoms with E-state index >= 15 is 0 Å². The minimum absolute atomic E-state index is 0.302. The number of carbonyl (C=O) groups excluding carboxylic acids is 2. The second-order valence-electron chi connectivity index (χ2n) is 4.59. The fourth-order valence-electron chi connectivity index (χ4n) is 2.05. The van der Waals surface area contributed by atoms with Crippen LogP contribution in [0.1, 0.15) is 12.8 Å². The van der Waals surface area contributed by atoms with Crippen molar-refractivity contribution in [2.45, 2.75) is 25.0 Å². The number of hydrogen-bond donors (Lipinski definition) is 4. The summed E-state index contributed by atoms with van der Waals surface area (Å²) < 4.78 is 5.15. The van der Waals surface area contributed by atoms with Crippen LogP contribution in [0.2, 0.25) is 0 Å². The zero-order valence-electron chi connectivity index (χ0n) is 11.0. The number of carboxylic acid groups (broad SMARTS) is 1. The van der Waals surface area contributed by atoms with Gasteiger partial charge >= 0.3 is 12.0 Å². The summed E-state index contributed by atoms with van der Waals surface area (Å²) in [4.78, 5) is 33.5. The molecule has 1 heterocycles. The number of hydrogen-bond acceptors (Lipinski definition) is 4. The van der Waals surface area contributed by atoms with Crippen LogP contribution in [-0.2, 0) is 14.3 Å². The normalized spacial score (nSPS) is 20.8. The maximum Gasteiger partial charge on any atom is 0.332 e. The molecule has 1 aliphatic heterocycles. The Kier molecular flexibility index (Phi) is 4.39. The lowest BCUT2D eigenvalue weighted by atomic mass is 10.2. The number of amides is 3. The van der Waals surface area contributed by atoms with Crippen molar-refractivity contribution in [1.82, 2.24) is 0 Å². The Bertz CT molecular complexity index is 575. The molecule has 0 bridgehead atoms. The summed E-state index contributed by atoms with van der Waals surface area (Å²) in [5.74, 6) is -1.49. The minimum Gasteiger partial charge on any atom is -0.479 e. The largest absolute Gasteiger partial charge is 0.479 e. The van der Waals surface area contributed by atoms with E-state index in [0.717, 1.165) is 0 Å². The molecule has 0 unspecified atom stereocenters. The van der Waals surface area contributed by atoms with Gasteiger partial charge in [-0.3, -0.25) is 4.79 Å². The molecule has 1 fully saturated rings. The zero-order valence-corrected chi connectivity index (χ0v) is 11.0. The van der Waals surface area contributed by atoms with Crippen LogP contribution < -0.4 is 16.4 Å². The summed E-state index contributed by atoms with van der Waals surface area (Å²) in [7, 11) is 0. The first-order chi connectivity index (χ1) is 9.95. The molecule has 1 aromatic rings. The highest BCUT2D eigenvalue weighted by Crippen LogP contribution is 2.22. The number of anilines is 2. The molecule has 5 N–H and O–H groups in total. The van der Waals surface area contributed by atoms with E-state index < -0.39 is 30.1 Å². The topological polar surface area (TPSA) is 131 Å². The van der Waals surface area contributed by atoms with Gasteiger partial charge in [-0.2, -0.15) is 0 Å². The molecule has 8 nitrogen and oxygen atoms in total. The van der Waals surface area contributed by atoms with E-state index in [1.165, 1.54) is 6.07 Å². The summed E-state index contributed by atoms with van der Waals surface area (Å²) in [6.45, 7) is 0. The van der Waals surface area contributed by atoms with Crippen LogP contribution in [0.25, 0.3) is 0 Å². The monoisotopic (exact) mass is 293 g/mol. The highest BCUT2D eigenvalue weighted by Gasteiger charge is 2.34. The summed E-state index contributed by atoms with van der Waals surface area (Å²) >= 11 is 0. The molecule has 1 saturated heterocycles. The molecule has 0 spiro atoms. The Hall–Kier alpha value is -2.61. The van der Waals surface area contributed by atoms with Gasteiger partial charge in [0.25, 0.3) is 5.91 Å². The number of aliphatic carboxylic acids is 1. The Morgan fingerprint density at radius 2 is 1.76 bits per heavy atom. The summed E-state index contributed by atoms with van der Waals surface area (Å²) in [6.07, 6.45) is -1.08. The quantitative estimate of drug-likeness (QED) is 0.650. The van der Waals surface area contributed by atoms with Crippen LogP contribution in [0.5, 0.6) is 0 Å². The van der Waals surface area contributed by atoms with Crippen molar-refractivity contribution >= 4 is 29.3 Å². The van der Waals surface area contributed by atoms with E-state index in [1.807, 2.05) is 0 Å². The molecule has 2 rings (SSSR count). The lowest BCUT2D eigenvalue weighted by Gasteiger charge is -2.12. The smallest absolute Gasteiger partial charge is 0.332 e. The number of carbonyl (C=O) groups is 3. The Morgan fingerprint density at radius 3 is 2.33 bits per heavy atom. The number of nitrogens with one attached hydrogen (secondary N) is 2. The van der Waals surface area contributed by atoms with E-state index in [9.17, 15) is 14.4 Å². The number of rotatable bonds is 4. The van der Waals surface area contributed by atoms with Crippen molar-refractivity contribution in [3.63, 3.8) is 0 Å². The first-order valence-electron chi connectivity index (χ1n) is 6.31. The molecule has 0 aromatic heterocycles. The van der Waals surface area contributed by atoms with Gasteiger partial charge in [-0.1, -0.05) is 6.07 Å².